The van der Waals surface area contributed by atoms with Crippen LogP contribution in [-0.2, 0) is 4.79 Å². The molecule has 2 aliphatic carbocycles. The molecule has 0 radical (unpaired) electrons. The monoisotopic (exact) mass is 273 g/mol. The van der Waals surface area contributed by atoms with E-state index in [1.165, 1.54) is 0 Å². The second kappa shape index (κ2) is 5.38. The standard InChI is InChI=1S/C12H21BFNO4/c14-10-4-3-7-8(10)6-12(15,11(16)17)9(7)2-1-5-13(18)19/h7-10,18-19H,1-6,15H2,(H,16,17)/t7-,8-,9+,10-,12+/m1/s1. The van der Waals surface area contributed by atoms with Crippen LogP contribution in [0.15, 0.2) is 0 Å². The lowest BCUT2D eigenvalue weighted by Crippen LogP contribution is -2.52. The molecule has 0 aromatic carbocycles. The van der Waals surface area contributed by atoms with Gasteiger partial charge in [-0.1, -0.05) is 6.42 Å². The van der Waals surface area contributed by atoms with Gasteiger partial charge in [0.05, 0.1) is 0 Å². The zero-order valence-corrected chi connectivity index (χ0v) is 10.8. The number of halogens is 1. The number of carboxylic acids is 1. The third-order valence-electron chi connectivity index (χ3n) is 4.92. The van der Waals surface area contributed by atoms with Crippen molar-refractivity contribution in [3.63, 3.8) is 0 Å². The van der Waals surface area contributed by atoms with Crippen molar-refractivity contribution in [1.82, 2.24) is 0 Å². The maximum Gasteiger partial charge on any atom is 0.451 e. The van der Waals surface area contributed by atoms with E-state index in [1.54, 1.807) is 0 Å². The van der Waals surface area contributed by atoms with Gasteiger partial charge in [0.2, 0.25) is 0 Å². The average Bonchev–Trinajstić information content (AvgIpc) is 2.79. The van der Waals surface area contributed by atoms with Gasteiger partial charge in [-0.25, -0.2) is 4.39 Å². The predicted molar refractivity (Wildman–Crippen MR) is 68.0 cm³/mol. The second-order valence-corrected chi connectivity index (χ2v) is 5.99. The Bertz CT molecular complexity index is 357. The molecule has 2 fully saturated rings. The first-order valence-electron chi connectivity index (χ1n) is 6.88. The molecule has 0 heterocycles. The highest BCUT2D eigenvalue weighted by atomic mass is 19.1. The van der Waals surface area contributed by atoms with Crippen molar-refractivity contribution < 1.29 is 24.3 Å². The summed E-state index contributed by atoms with van der Waals surface area (Å²) in [4.78, 5) is 11.4. The molecule has 0 amide bonds. The Morgan fingerprint density at radius 3 is 2.63 bits per heavy atom. The second-order valence-electron chi connectivity index (χ2n) is 5.99. The van der Waals surface area contributed by atoms with E-state index in [1.807, 2.05) is 0 Å². The van der Waals surface area contributed by atoms with Crippen LogP contribution in [0.25, 0.3) is 0 Å². The van der Waals surface area contributed by atoms with E-state index in [0.29, 0.717) is 25.7 Å². The molecule has 0 saturated heterocycles. The van der Waals surface area contributed by atoms with Crippen LogP contribution >= 0.6 is 0 Å². The van der Waals surface area contributed by atoms with Crippen molar-refractivity contribution >= 4 is 13.1 Å². The number of carboxylic acid groups (broad SMARTS) is 1. The van der Waals surface area contributed by atoms with Gasteiger partial charge in [0.25, 0.3) is 0 Å². The maximum atomic E-state index is 13.8. The lowest BCUT2D eigenvalue weighted by molar-refractivity contribution is -0.145. The van der Waals surface area contributed by atoms with E-state index in [4.69, 9.17) is 15.8 Å². The molecule has 0 aromatic rings. The Morgan fingerprint density at radius 2 is 2.05 bits per heavy atom. The molecule has 5 nitrogen and oxygen atoms in total. The highest BCUT2D eigenvalue weighted by molar-refractivity contribution is 6.40. The molecule has 108 valence electrons. The lowest BCUT2D eigenvalue weighted by Gasteiger charge is -2.30. The summed E-state index contributed by atoms with van der Waals surface area (Å²) in [7, 11) is -1.38. The van der Waals surface area contributed by atoms with Crippen LogP contribution in [0, 0.1) is 17.8 Å². The van der Waals surface area contributed by atoms with Gasteiger partial charge >= 0.3 is 13.1 Å². The topological polar surface area (TPSA) is 104 Å². The number of aliphatic carboxylic acids is 1. The number of carbonyl (C=O) groups is 1. The van der Waals surface area contributed by atoms with E-state index in [2.05, 4.69) is 0 Å². The van der Waals surface area contributed by atoms with Crippen molar-refractivity contribution in [2.75, 3.05) is 0 Å². The van der Waals surface area contributed by atoms with E-state index in [-0.39, 0.29) is 30.5 Å². The Hall–Kier alpha value is -0.655. The third-order valence-corrected chi connectivity index (χ3v) is 4.92. The van der Waals surface area contributed by atoms with Gasteiger partial charge in [-0.2, -0.15) is 0 Å². The van der Waals surface area contributed by atoms with Crippen LogP contribution in [0.4, 0.5) is 4.39 Å². The molecule has 0 bridgehead atoms. The lowest BCUT2D eigenvalue weighted by atomic mass is 9.75. The predicted octanol–water partition coefficient (Wildman–Crippen LogP) is 0.406. The summed E-state index contributed by atoms with van der Waals surface area (Å²) < 4.78 is 13.8. The first kappa shape index (κ1) is 14.7. The van der Waals surface area contributed by atoms with Crippen LogP contribution in [0.2, 0.25) is 6.32 Å². The number of fused-ring (bicyclic) bond motifs is 1. The van der Waals surface area contributed by atoms with E-state index < -0.39 is 24.8 Å². The number of nitrogens with two attached hydrogens (primary N) is 1. The number of rotatable bonds is 5. The van der Waals surface area contributed by atoms with Gasteiger partial charge < -0.3 is 20.9 Å². The van der Waals surface area contributed by atoms with E-state index in [0.717, 1.165) is 0 Å². The fourth-order valence-electron chi connectivity index (χ4n) is 3.99. The highest BCUT2D eigenvalue weighted by Gasteiger charge is 2.59. The minimum Gasteiger partial charge on any atom is -0.480 e. The molecule has 0 aliphatic heterocycles. The SMILES string of the molecule is N[C@@]1(C(=O)O)C[C@@H]2[C@@H](CC[C@H]2F)[C@@H]1CCCB(O)O. The van der Waals surface area contributed by atoms with Crippen molar-refractivity contribution in [2.45, 2.75) is 50.1 Å². The molecule has 19 heavy (non-hydrogen) atoms. The van der Waals surface area contributed by atoms with Crippen LogP contribution in [0.1, 0.15) is 32.1 Å². The molecule has 5 atom stereocenters. The Balaban J connectivity index is 2.09. The molecule has 2 rings (SSSR count). The summed E-state index contributed by atoms with van der Waals surface area (Å²) in [6.45, 7) is 0. The Morgan fingerprint density at radius 1 is 1.37 bits per heavy atom. The number of alkyl halides is 1. The molecule has 0 aromatic heterocycles. The summed E-state index contributed by atoms with van der Waals surface area (Å²) in [5.41, 5.74) is 4.66. The first-order valence-corrected chi connectivity index (χ1v) is 6.88. The minimum absolute atomic E-state index is 0.0203. The molecule has 2 saturated carbocycles. The fraction of sp³-hybridized carbons (Fsp3) is 0.917. The van der Waals surface area contributed by atoms with E-state index >= 15 is 0 Å². The molecule has 2 aliphatic rings. The summed E-state index contributed by atoms with van der Waals surface area (Å²) in [6.07, 6.45) is 1.63. The summed E-state index contributed by atoms with van der Waals surface area (Å²) in [5, 5.41) is 27.0. The Labute approximate surface area is 112 Å². The molecule has 0 unspecified atom stereocenters. The highest BCUT2D eigenvalue weighted by Crippen LogP contribution is 2.54. The molecular formula is C12H21BFNO4. The van der Waals surface area contributed by atoms with E-state index in [9.17, 15) is 14.3 Å². The fourth-order valence-corrected chi connectivity index (χ4v) is 3.99. The van der Waals surface area contributed by atoms with Crippen LogP contribution in [-0.4, -0.2) is 40.0 Å². The van der Waals surface area contributed by atoms with Crippen LogP contribution in [0.3, 0.4) is 0 Å². The average molecular weight is 273 g/mol. The zero-order chi connectivity index (χ0) is 14.2. The molecule has 0 spiro atoms. The largest absolute Gasteiger partial charge is 0.480 e. The number of hydrogen-bond acceptors (Lipinski definition) is 4. The van der Waals surface area contributed by atoms with Crippen LogP contribution in [0.5, 0.6) is 0 Å². The number of hydrogen-bond donors (Lipinski definition) is 4. The smallest absolute Gasteiger partial charge is 0.451 e. The normalized spacial score (nSPS) is 41.3. The van der Waals surface area contributed by atoms with Gasteiger partial charge in [0.1, 0.15) is 11.7 Å². The van der Waals surface area contributed by atoms with Gasteiger partial charge in [0, 0.05) is 0 Å². The summed E-state index contributed by atoms with van der Waals surface area (Å²) >= 11 is 0. The van der Waals surface area contributed by atoms with Gasteiger partial charge in [0.15, 0.2) is 0 Å². The summed E-state index contributed by atoms with van der Waals surface area (Å²) in [6, 6.07) is 0. The van der Waals surface area contributed by atoms with Gasteiger partial charge in [-0.05, 0) is 49.8 Å². The van der Waals surface area contributed by atoms with Gasteiger partial charge in [-0.15, -0.1) is 0 Å². The van der Waals surface area contributed by atoms with Gasteiger partial charge in [-0.3, -0.25) is 4.79 Å². The maximum absolute atomic E-state index is 13.8. The first-order chi connectivity index (χ1) is 8.86. The molecule has 5 N–H and O–H groups in total. The third kappa shape index (κ3) is 2.64. The minimum atomic E-state index is -1.38. The van der Waals surface area contributed by atoms with Crippen LogP contribution < -0.4 is 5.73 Å². The van der Waals surface area contributed by atoms with Crippen molar-refractivity contribution in [2.24, 2.45) is 23.5 Å². The quantitative estimate of drug-likeness (QED) is 0.543. The zero-order valence-electron chi connectivity index (χ0n) is 10.8. The van der Waals surface area contributed by atoms with Crippen molar-refractivity contribution in [3.05, 3.63) is 0 Å². The molecule has 7 heteroatoms. The van der Waals surface area contributed by atoms with Crippen molar-refractivity contribution in [1.29, 1.82) is 0 Å². The summed E-state index contributed by atoms with van der Waals surface area (Å²) in [5.74, 6) is -1.56. The Kier molecular flexibility index (Phi) is 4.18. The molecular weight excluding hydrogens is 252 g/mol. The van der Waals surface area contributed by atoms with Crippen molar-refractivity contribution in [3.8, 4) is 0 Å².